The second-order valence-electron chi connectivity index (χ2n) is 11.8. The van der Waals surface area contributed by atoms with Crippen molar-refractivity contribution in [2.75, 3.05) is 0 Å². The van der Waals surface area contributed by atoms with Crippen molar-refractivity contribution in [2.24, 2.45) is 10.8 Å². The van der Waals surface area contributed by atoms with Gasteiger partial charge in [-0.25, -0.2) is 0 Å². The Morgan fingerprint density at radius 2 is 0.912 bits per heavy atom. The third-order valence-corrected chi connectivity index (χ3v) is 46.1. The predicted octanol–water partition coefficient (Wildman–Crippen LogP) is 7.24. The summed E-state index contributed by atoms with van der Waals surface area (Å²) >= 11 is -4.21. The van der Waals surface area contributed by atoms with Gasteiger partial charge in [0.05, 0.1) is 0 Å². The van der Waals surface area contributed by atoms with Crippen LogP contribution in [0.1, 0.15) is 54.4 Å². The van der Waals surface area contributed by atoms with Gasteiger partial charge in [0.15, 0.2) is 0 Å². The topological polar surface area (TPSA) is 0 Å². The molecule has 4 rings (SSSR count). The number of allylic oxidation sites excluding steroid dienone is 8. The summed E-state index contributed by atoms with van der Waals surface area (Å²) in [5.74, 6) is 0. The summed E-state index contributed by atoms with van der Waals surface area (Å²) in [5.41, 5.74) is 3.34. The van der Waals surface area contributed by atoms with Crippen molar-refractivity contribution in [2.45, 2.75) is 54.4 Å². The fourth-order valence-electron chi connectivity index (χ4n) is 5.59. The van der Waals surface area contributed by atoms with Gasteiger partial charge in [0, 0.05) is 0 Å². The first-order valence-corrected chi connectivity index (χ1v) is 27.4. The largest absolute Gasteiger partial charge is 0.147 e. The molecule has 0 aliphatic heterocycles. The fourth-order valence-corrected chi connectivity index (χ4v) is 35.5. The number of hydrogen-bond acceptors (Lipinski definition) is 0. The van der Waals surface area contributed by atoms with Crippen LogP contribution >= 0.6 is 24.8 Å². The number of hydrogen-bond donors (Lipinski definition) is 0. The maximum absolute atomic E-state index is 4.21. The molecule has 0 heterocycles. The number of rotatable bonds is 4. The van der Waals surface area contributed by atoms with Crippen LogP contribution in [-0.4, -0.2) is 6.94 Å². The molecule has 0 spiro atoms. The van der Waals surface area contributed by atoms with Crippen LogP contribution < -0.4 is 6.64 Å². The molecular formula is C30H40Cl2HfSi. The van der Waals surface area contributed by atoms with Crippen molar-refractivity contribution in [3.05, 3.63) is 103 Å². The normalized spacial score (nSPS) is 16.6. The molecule has 0 amide bonds. The Bertz CT molecular complexity index is 1120. The van der Waals surface area contributed by atoms with Gasteiger partial charge in [0.1, 0.15) is 0 Å². The first kappa shape index (κ1) is 29.3. The third kappa shape index (κ3) is 4.73. The van der Waals surface area contributed by atoms with Crippen LogP contribution in [0.3, 0.4) is 0 Å². The zero-order valence-corrected chi connectivity index (χ0v) is 28.2. The van der Waals surface area contributed by atoms with Gasteiger partial charge in [-0.2, -0.15) is 0 Å². The van der Waals surface area contributed by atoms with E-state index in [1.807, 2.05) is 0 Å². The number of benzene rings is 2. The molecule has 2 aromatic rings. The van der Waals surface area contributed by atoms with E-state index in [4.69, 9.17) is 0 Å². The van der Waals surface area contributed by atoms with E-state index in [0.717, 1.165) is 12.8 Å². The molecule has 0 unspecified atom stereocenters. The fraction of sp³-hybridized carbons (Fsp3) is 0.333. The molecule has 34 heavy (non-hydrogen) atoms. The first-order chi connectivity index (χ1) is 15.0. The molecule has 2 aliphatic carbocycles. The average molecular weight is 678 g/mol. The van der Waals surface area contributed by atoms with Gasteiger partial charge >= 0.3 is 199 Å². The minimum absolute atomic E-state index is 0. The standard InChI is InChI=1S/2C9H13.2C6H5.2ClH.Hf.H2Si/c2*1-9(2,3)8-6-4-5-7-8;2*1-2-4-6-5-3-1;;;;/h2*6-7H,4H2,1-3H3;2*1-5H;2*1H;;1H2. The summed E-state index contributed by atoms with van der Waals surface area (Å²) in [6.07, 6.45) is 12.4. The van der Waals surface area contributed by atoms with E-state index in [-0.39, 0.29) is 35.6 Å². The van der Waals surface area contributed by atoms with Crippen molar-refractivity contribution in [3.8, 4) is 0 Å². The zero-order valence-electron chi connectivity index (χ0n) is 21.5. The monoisotopic (exact) mass is 678 g/mol. The molecular weight excluding hydrogens is 638 g/mol. The molecule has 0 radical (unpaired) electrons. The van der Waals surface area contributed by atoms with Crippen molar-refractivity contribution < 1.29 is 17.1 Å². The van der Waals surface area contributed by atoms with E-state index >= 15 is 0 Å². The molecule has 0 saturated carbocycles. The molecule has 0 saturated heterocycles. The SMILES string of the molecule is CC(C)(C)C1=CC[C]([Hf](=[SiH2])([C]2=CC(C(C)(C)C)=CC2)([c]2ccccc2)[c]2ccccc2)=C1.Cl.Cl. The summed E-state index contributed by atoms with van der Waals surface area (Å²) in [7, 11) is 0. The Hall–Kier alpha value is -0.933. The van der Waals surface area contributed by atoms with Gasteiger partial charge in [0.25, 0.3) is 0 Å². The van der Waals surface area contributed by atoms with Crippen LogP contribution in [0.4, 0.5) is 0 Å². The maximum atomic E-state index is 2.61. The summed E-state index contributed by atoms with van der Waals surface area (Å²) in [6.45, 7) is 16.5. The van der Waals surface area contributed by atoms with Gasteiger partial charge < -0.3 is 0 Å². The summed E-state index contributed by atoms with van der Waals surface area (Å²) in [5, 5.41) is 0. The van der Waals surface area contributed by atoms with E-state index < -0.39 is 17.1 Å². The van der Waals surface area contributed by atoms with Crippen LogP contribution in [0.15, 0.2) is 103 Å². The molecule has 0 fully saturated rings. The van der Waals surface area contributed by atoms with Crippen molar-refractivity contribution in [1.29, 1.82) is 0 Å². The van der Waals surface area contributed by atoms with Crippen LogP contribution in [-0.2, 0) is 17.1 Å². The Balaban J connectivity index is 0.00000204. The summed E-state index contributed by atoms with van der Waals surface area (Å²) in [4.78, 5) is 0. The van der Waals surface area contributed by atoms with Crippen LogP contribution in [0.25, 0.3) is 0 Å². The molecule has 182 valence electrons. The van der Waals surface area contributed by atoms with Crippen LogP contribution in [0, 0.1) is 10.8 Å². The molecule has 0 nitrogen and oxygen atoms in total. The molecule has 0 aromatic heterocycles. The molecule has 0 bridgehead atoms. The minimum Gasteiger partial charge on any atom is -0.147 e. The van der Waals surface area contributed by atoms with Gasteiger partial charge in [-0.15, -0.1) is 24.8 Å². The Morgan fingerprint density at radius 1 is 0.588 bits per heavy atom. The Morgan fingerprint density at radius 3 is 1.18 bits per heavy atom. The van der Waals surface area contributed by atoms with Gasteiger partial charge in [-0.3, -0.25) is 0 Å². The van der Waals surface area contributed by atoms with Crippen molar-refractivity contribution >= 4 is 38.4 Å². The molecule has 2 aromatic carbocycles. The predicted molar refractivity (Wildman–Crippen MR) is 156 cm³/mol. The average Bonchev–Trinajstić information content (AvgIpc) is 3.45. The molecule has 0 N–H and O–H groups in total. The van der Waals surface area contributed by atoms with E-state index in [1.54, 1.807) is 13.3 Å². The smallest absolute Gasteiger partial charge is 0.147 e. The van der Waals surface area contributed by atoms with Crippen LogP contribution in [0.5, 0.6) is 0 Å². The summed E-state index contributed by atoms with van der Waals surface area (Å²) in [6, 6.07) is 23.1. The second-order valence-corrected chi connectivity index (χ2v) is 42.6. The van der Waals surface area contributed by atoms with Gasteiger partial charge in [0.2, 0.25) is 0 Å². The third-order valence-electron chi connectivity index (χ3n) is 7.71. The van der Waals surface area contributed by atoms with Crippen LogP contribution in [0.2, 0.25) is 0 Å². The van der Waals surface area contributed by atoms with Crippen molar-refractivity contribution in [1.82, 2.24) is 0 Å². The van der Waals surface area contributed by atoms with E-state index in [1.165, 1.54) is 11.1 Å². The second kappa shape index (κ2) is 10.2. The zero-order chi connectivity index (χ0) is 23.2. The molecule has 2 aliphatic rings. The van der Waals surface area contributed by atoms with E-state index in [0.29, 0.717) is 0 Å². The van der Waals surface area contributed by atoms with Gasteiger partial charge in [-0.1, -0.05) is 0 Å². The first-order valence-electron chi connectivity index (χ1n) is 11.9. The minimum atomic E-state index is -4.21. The van der Waals surface area contributed by atoms with E-state index in [2.05, 4.69) is 133 Å². The number of halogens is 2. The molecule has 0 atom stereocenters. The maximum Gasteiger partial charge on any atom is -0.147 e. The van der Waals surface area contributed by atoms with Gasteiger partial charge in [-0.05, 0) is 0 Å². The quantitative estimate of drug-likeness (QED) is 0.300. The molecule has 4 heteroatoms. The Labute approximate surface area is 222 Å². The van der Waals surface area contributed by atoms with E-state index in [9.17, 15) is 0 Å². The Kier molecular flexibility index (Phi) is 8.80. The van der Waals surface area contributed by atoms with Crippen molar-refractivity contribution in [3.63, 3.8) is 0 Å². The summed E-state index contributed by atoms with van der Waals surface area (Å²) < 4.78 is 6.58.